The second-order valence-corrected chi connectivity index (χ2v) is 11.0. The third-order valence-corrected chi connectivity index (χ3v) is 6.78. The van der Waals surface area contributed by atoms with Gasteiger partial charge in [0.2, 0.25) is 0 Å². The molecule has 0 spiro atoms. The van der Waals surface area contributed by atoms with Gasteiger partial charge in [-0.1, -0.05) is 39.0 Å². The fraction of sp³-hybridized carbons (Fsp3) is 0.367. The van der Waals surface area contributed by atoms with Crippen LogP contribution < -0.4 is 19.7 Å². The quantitative estimate of drug-likeness (QED) is 0.425. The van der Waals surface area contributed by atoms with E-state index in [2.05, 4.69) is 38.2 Å². The average Bonchev–Trinajstić information content (AvgIpc) is 2.81. The van der Waals surface area contributed by atoms with Crippen LogP contribution in [0, 0.1) is 12.7 Å². The number of carbonyl (C=O) groups excluding carboxylic acids is 1. The van der Waals surface area contributed by atoms with E-state index >= 15 is 0 Å². The zero-order valence-electron chi connectivity index (χ0n) is 22.4. The Balaban J connectivity index is 1.94. The van der Waals surface area contributed by atoms with Crippen LogP contribution in [0.5, 0.6) is 11.5 Å². The van der Waals surface area contributed by atoms with E-state index in [1.165, 1.54) is 12.1 Å². The first-order chi connectivity index (χ1) is 16.8. The SMILES string of the molecule is COc1ccc(C(C)(C)C)cc1-c1ccc2c(c1COc1cc(F)ccc1C)N(C)C(=O)C(C)(C)N2. The summed E-state index contributed by atoms with van der Waals surface area (Å²) in [5.74, 6) is 0.781. The molecule has 190 valence electrons. The lowest BCUT2D eigenvalue weighted by Crippen LogP contribution is -2.52. The summed E-state index contributed by atoms with van der Waals surface area (Å²) in [6, 6.07) is 14.7. The van der Waals surface area contributed by atoms with Gasteiger partial charge in [0.25, 0.3) is 5.91 Å². The second-order valence-electron chi connectivity index (χ2n) is 11.0. The van der Waals surface area contributed by atoms with Gasteiger partial charge in [0, 0.05) is 24.2 Å². The van der Waals surface area contributed by atoms with E-state index < -0.39 is 5.54 Å². The molecule has 0 radical (unpaired) electrons. The number of amides is 1. The number of halogens is 1. The minimum atomic E-state index is -0.746. The molecule has 6 heteroatoms. The van der Waals surface area contributed by atoms with Crippen LogP contribution in [0.25, 0.3) is 11.1 Å². The monoisotopic (exact) mass is 490 g/mol. The Hall–Kier alpha value is -3.54. The predicted molar refractivity (Wildman–Crippen MR) is 144 cm³/mol. The van der Waals surface area contributed by atoms with Crippen molar-refractivity contribution in [2.24, 2.45) is 0 Å². The highest BCUT2D eigenvalue weighted by Gasteiger charge is 2.39. The number of nitrogens with one attached hydrogen (secondary N) is 1. The summed E-state index contributed by atoms with van der Waals surface area (Å²) in [6.07, 6.45) is 0. The summed E-state index contributed by atoms with van der Waals surface area (Å²) in [5, 5.41) is 3.38. The van der Waals surface area contributed by atoms with Gasteiger partial charge in [-0.15, -0.1) is 0 Å². The third-order valence-electron chi connectivity index (χ3n) is 6.78. The van der Waals surface area contributed by atoms with E-state index in [9.17, 15) is 9.18 Å². The zero-order valence-corrected chi connectivity index (χ0v) is 22.4. The first kappa shape index (κ1) is 25.5. The van der Waals surface area contributed by atoms with Crippen LogP contribution in [0.1, 0.15) is 51.3 Å². The number of methoxy groups -OCH3 is 1. The van der Waals surface area contributed by atoms with Gasteiger partial charge in [0.1, 0.15) is 29.5 Å². The summed E-state index contributed by atoms with van der Waals surface area (Å²) in [6.45, 7) is 12.3. The number of aryl methyl sites for hydroxylation is 1. The van der Waals surface area contributed by atoms with Gasteiger partial charge in [-0.25, -0.2) is 4.39 Å². The van der Waals surface area contributed by atoms with Gasteiger partial charge in [-0.05, 0) is 67.1 Å². The molecule has 5 nitrogen and oxygen atoms in total. The number of anilines is 2. The lowest BCUT2D eigenvalue weighted by molar-refractivity contribution is -0.121. The maximum atomic E-state index is 14.0. The van der Waals surface area contributed by atoms with Gasteiger partial charge in [0.05, 0.1) is 18.5 Å². The molecule has 1 aliphatic heterocycles. The molecule has 1 N–H and O–H groups in total. The smallest absolute Gasteiger partial charge is 0.251 e. The predicted octanol–water partition coefficient (Wildman–Crippen LogP) is 6.85. The average molecular weight is 491 g/mol. The zero-order chi connectivity index (χ0) is 26.4. The van der Waals surface area contributed by atoms with Crippen molar-refractivity contribution in [2.45, 2.75) is 59.1 Å². The Kier molecular flexibility index (Phi) is 6.50. The minimum absolute atomic E-state index is 0.0502. The summed E-state index contributed by atoms with van der Waals surface area (Å²) in [4.78, 5) is 14.9. The molecule has 3 aromatic rings. The molecule has 0 bridgehead atoms. The van der Waals surface area contributed by atoms with Crippen LogP contribution in [0.2, 0.25) is 0 Å². The Morgan fingerprint density at radius 1 is 1.00 bits per heavy atom. The van der Waals surface area contributed by atoms with Crippen molar-refractivity contribution in [3.05, 3.63) is 71.0 Å². The largest absolute Gasteiger partial charge is 0.496 e. The highest BCUT2D eigenvalue weighted by Crippen LogP contribution is 2.45. The molecule has 0 unspecified atom stereocenters. The third kappa shape index (κ3) is 4.64. The number of benzene rings is 3. The van der Waals surface area contributed by atoms with E-state index in [0.29, 0.717) is 5.75 Å². The molecular formula is C30H35FN2O3. The Morgan fingerprint density at radius 3 is 2.39 bits per heavy atom. The Labute approximate surface area is 213 Å². The molecule has 3 aromatic carbocycles. The fourth-order valence-electron chi connectivity index (χ4n) is 4.69. The maximum absolute atomic E-state index is 14.0. The van der Waals surface area contributed by atoms with Crippen LogP contribution in [0.4, 0.5) is 15.8 Å². The highest BCUT2D eigenvalue weighted by molar-refractivity contribution is 6.08. The number of rotatable bonds is 5. The van der Waals surface area contributed by atoms with E-state index in [1.54, 1.807) is 25.1 Å². The number of hydrogen-bond acceptors (Lipinski definition) is 4. The molecule has 0 saturated carbocycles. The van der Waals surface area contributed by atoms with Crippen LogP contribution in [-0.4, -0.2) is 25.6 Å². The Morgan fingerprint density at radius 2 is 1.72 bits per heavy atom. The van der Waals surface area contributed by atoms with E-state index in [1.807, 2.05) is 39.0 Å². The standard InChI is InChI=1S/C30H35FN2O3/c1-18-9-11-20(31)16-26(18)36-17-23-21(22-15-19(29(2,3)4)10-14-25(22)35-8)12-13-24-27(23)33(7)28(34)30(5,6)32-24/h9-16,32H,17H2,1-8H3. The molecule has 0 fully saturated rings. The number of likely N-dealkylation sites (N-methyl/N-ethyl adjacent to an activating group) is 1. The van der Waals surface area contributed by atoms with E-state index in [4.69, 9.17) is 9.47 Å². The van der Waals surface area contributed by atoms with E-state index in [-0.39, 0.29) is 23.7 Å². The lowest BCUT2D eigenvalue weighted by atomic mass is 9.84. The molecule has 4 rings (SSSR count). The van der Waals surface area contributed by atoms with Crippen molar-refractivity contribution >= 4 is 17.3 Å². The molecule has 1 heterocycles. The van der Waals surface area contributed by atoms with Gasteiger partial charge in [-0.2, -0.15) is 0 Å². The maximum Gasteiger partial charge on any atom is 0.251 e. The number of nitrogens with zero attached hydrogens (tertiary/aromatic N) is 1. The summed E-state index contributed by atoms with van der Waals surface area (Å²) >= 11 is 0. The second kappa shape index (κ2) is 9.16. The molecule has 0 atom stereocenters. The normalized spacial score (nSPS) is 14.8. The van der Waals surface area contributed by atoms with Gasteiger partial charge in [-0.3, -0.25) is 4.79 Å². The minimum Gasteiger partial charge on any atom is -0.496 e. The van der Waals surface area contributed by atoms with Crippen LogP contribution in [0.3, 0.4) is 0 Å². The lowest BCUT2D eigenvalue weighted by Gasteiger charge is -2.39. The molecule has 0 saturated heterocycles. The molecule has 1 amide bonds. The van der Waals surface area contributed by atoms with Crippen molar-refractivity contribution in [1.29, 1.82) is 0 Å². The summed E-state index contributed by atoms with van der Waals surface area (Å²) < 4.78 is 25.9. The number of ether oxygens (including phenoxy) is 2. The fourth-order valence-corrected chi connectivity index (χ4v) is 4.69. The van der Waals surface area contributed by atoms with Crippen molar-refractivity contribution in [1.82, 2.24) is 0 Å². The van der Waals surface area contributed by atoms with Gasteiger partial charge in [0.15, 0.2) is 0 Å². The molecular weight excluding hydrogens is 455 g/mol. The number of fused-ring (bicyclic) bond motifs is 1. The van der Waals surface area contributed by atoms with Crippen LogP contribution in [-0.2, 0) is 16.8 Å². The van der Waals surface area contributed by atoms with Crippen molar-refractivity contribution in [3.63, 3.8) is 0 Å². The van der Waals surface area contributed by atoms with Gasteiger partial charge >= 0.3 is 0 Å². The molecule has 36 heavy (non-hydrogen) atoms. The molecule has 1 aliphatic rings. The molecule has 0 aliphatic carbocycles. The summed E-state index contributed by atoms with van der Waals surface area (Å²) in [7, 11) is 3.44. The first-order valence-electron chi connectivity index (χ1n) is 12.1. The van der Waals surface area contributed by atoms with Crippen LogP contribution in [0.15, 0.2) is 48.5 Å². The van der Waals surface area contributed by atoms with Crippen molar-refractivity contribution < 1.29 is 18.7 Å². The van der Waals surface area contributed by atoms with Crippen molar-refractivity contribution in [2.75, 3.05) is 24.4 Å². The first-order valence-corrected chi connectivity index (χ1v) is 12.1. The van der Waals surface area contributed by atoms with Crippen LogP contribution >= 0.6 is 0 Å². The van der Waals surface area contributed by atoms with Gasteiger partial charge < -0.3 is 19.7 Å². The summed E-state index contributed by atoms with van der Waals surface area (Å²) in [5.41, 5.74) is 5.39. The topological polar surface area (TPSA) is 50.8 Å². The van der Waals surface area contributed by atoms with Crippen molar-refractivity contribution in [3.8, 4) is 22.6 Å². The van der Waals surface area contributed by atoms with E-state index in [0.717, 1.165) is 44.9 Å². The number of hydrogen-bond donors (Lipinski definition) is 1. The molecule has 0 aromatic heterocycles. The highest BCUT2D eigenvalue weighted by atomic mass is 19.1. The number of carbonyl (C=O) groups is 1. The Bertz CT molecular complexity index is 1320.